The lowest BCUT2D eigenvalue weighted by molar-refractivity contribution is -0.146. The molecule has 0 bridgehead atoms. The van der Waals surface area contributed by atoms with Gasteiger partial charge in [0.2, 0.25) is 5.91 Å². The molecule has 2 aromatic carbocycles. The van der Waals surface area contributed by atoms with Crippen molar-refractivity contribution in [2.75, 3.05) is 40.0 Å². The van der Waals surface area contributed by atoms with E-state index in [0.29, 0.717) is 61.3 Å². The van der Waals surface area contributed by atoms with Gasteiger partial charge in [0.25, 0.3) is 5.91 Å². The van der Waals surface area contributed by atoms with E-state index in [1.54, 1.807) is 6.07 Å². The van der Waals surface area contributed by atoms with Gasteiger partial charge in [-0.05, 0) is 47.4 Å². The van der Waals surface area contributed by atoms with E-state index >= 15 is 0 Å². The molecule has 0 unspecified atom stereocenters. The highest BCUT2D eigenvalue weighted by atomic mass is 16.5. The van der Waals surface area contributed by atoms with Crippen LogP contribution in [-0.2, 0) is 25.6 Å². The van der Waals surface area contributed by atoms with Gasteiger partial charge in [-0.1, -0.05) is 63.5 Å². The van der Waals surface area contributed by atoms with E-state index in [0.717, 1.165) is 25.2 Å². The summed E-state index contributed by atoms with van der Waals surface area (Å²) >= 11 is 0. The van der Waals surface area contributed by atoms with Crippen molar-refractivity contribution in [1.29, 1.82) is 0 Å². The Kier molecular flexibility index (Phi) is 13.0. The van der Waals surface area contributed by atoms with Crippen LogP contribution in [0.15, 0.2) is 40.9 Å². The number of esters is 1. The van der Waals surface area contributed by atoms with Gasteiger partial charge in [0.05, 0.1) is 31.5 Å². The van der Waals surface area contributed by atoms with Crippen molar-refractivity contribution >= 4 is 17.8 Å². The molecule has 0 aliphatic carbocycles. The SMILES string of the molecule is COC(=O)[C@H](NC(=O)CCCCCNC(=O)c1noc(-c2cc(C(C)C)c(O)cc2O)c1-c1ccc(CN2CCOCC2)cc1)C(C)C. The predicted octanol–water partition coefficient (Wildman–Crippen LogP) is 4.98. The molecule has 0 saturated carbocycles. The number of benzene rings is 2. The molecule has 2 amide bonds. The predicted molar refractivity (Wildman–Crippen MR) is 180 cm³/mol. The van der Waals surface area contributed by atoms with Gasteiger partial charge in [-0.25, -0.2) is 4.79 Å². The number of aromatic nitrogens is 1. The van der Waals surface area contributed by atoms with E-state index in [1.165, 1.54) is 13.2 Å². The first-order valence-electron chi connectivity index (χ1n) is 16.6. The van der Waals surface area contributed by atoms with Crippen molar-refractivity contribution in [2.24, 2.45) is 5.92 Å². The minimum Gasteiger partial charge on any atom is -0.508 e. The lowest BCUT2D eigenvalue weighted by Gasteiger charge is -2.26. The number of methoxy groups -OCH3 is 1. The average molecular weight is 665 g/mol. The molecule has 48 heavy (non-hydrogen) atoms. The van der Waals surface area contributed by atoms with Gasteiger partial charge in [0.15, 0.2) is 11.5 Å². The van der Waals surface area contributed by atoms with Crippen LogP contribution >= 0.6 is 0 Å². The molecule has 1 aliphatic heterocycles. The maximum Gasteiger partial charge on any atom is 0.328 e. The summed E-state index contributed by atoms with van der Waals surface area (Å²) in [6.45, 7) is 11.8. The quantitative estimate of drug-likeness (QED) is 0.129. The second-order valence-corrected chi connectivity index (χ2v) is 12.8. The first-order valence-corrected chi connectivity index (χ1v) is 16.6. The van der Waals surface area contributed by atoms with Crippen LogP contribution in [-0.4, -0.2) is 84.1 Å². The van der Waals surface area contributed by atoms with Gasteiger partial charge in [-0.15, -0.1) is 0 Å². The second kappa shape index (κ2) is 17.1. The zero-order chi connectivity index (χ0) is 34.8. The first-order chi connectivity index (χ1) is 23.0. The fraction of sp³-hybridized carbons (Fsp3) is 0.500. The molecule has 1 fully saturated rings. The number of carbonyl (C=O) groups is 3. The third kappa shape index (κ3) is 9.35. The molecule has 2 heterocycles. The number of morpholine rings is 1. The Morgan fingerprint density at radius 3 is 2.33 bits per heavy atom. The standard InChI is InChI=1S/C36H48N4O8/c1-22(2)26-19-27(29(42)20-28(26)41)34-31(25-12-10-24(11-13-25)21-40-15-17-47-18-16-40)33(39-48-34)35(44)37-14-8-6-7-9-30(43)38-32(23(3)4)36(45)46-5/h10-13,19-20,22-23,32,41-42H,6-9,14-18,21H2,1-5H3,(H,37,44)(H,38,43)/t32-/m1/s1. The molecule has 260 valence electrons. The molecule has 4 N–H and O–H groups in total. The molecule has 0 radical (unpaired) electrons. The number of amides is 2. The third-order valence-electron chi connectivity index (χ3n) is 8.48. The molecule has 1 saturated heterocycles. The Morgan fingerprint density at radius 1 is 0.979 bits per heavy atom. The summed E-state index contributed by atoms with van der Waals surface area (Å²) in [6.07, 6.45) is 2.14. The molecule has 1 aliphatic rings. The highest BCUT2D eigenvalue weighted by Crippen LogP contribution is 2.43. The van der Waals surface area contributed by atoms with E-state index in [4.69, 9.17) is 14.0 Å². The third-order valence-corrected chi connectivity index (χ3v) is 8.48. The molecule has 1 aromatic heterocycles. The van der Waals surface area contributed by atoms with Crippen LogP contribution in [0.3, 0.4) is 0 Å². The number of nitrogens with zero attached hydrogens (tertiary/aromatic N) is 2. The van der Waals surface area contributed by atoms with Gasteiger partial charge in [-0.2, -0.15) is 0 Å². The molecule has 0 spiro atoms. The number of carbonyl (C=O) groups excluding carboxylic acids is 3. The maximum absolute atomic E-state index is 13.5. The summed E-state index contributed by atoms with van der Waals surface area (Å²) < 4.78 is 16.0. The topological polar surface area (TPSA) is 163 Å². The minimum atomic E-state index is -0.690. The average Bonchev–Trinajstić information content (AvgIpc) is 3.50. The van der Waals surface area contributed by atoms with Crippen LogP contribution in [0.5, 0.6) is 11.5 Å². The van der Waals surface area contributed by atoms with Crippen LogP contribution < -0.4 is 10.6 Å². The van der Waals surface area contributed by atoms with Crippen LogP contribution in [0.1, 0.15) is 80.9 Å². The van der Waals surface area contributed by atoms with Crippen molar-refractivity contribution in [3.05, 3.63) is 53.2 Å². The van der Waals surface area contributed by atoms with Crippen molar-refractivity contribution in [3.8, 4) is 33.9 Å². The van der Waals surface area contributed by atoms with Crippen LogP contribution in [0.4, 0.5) is 0 Å². The minimum absolute atomic E-state index is 0.0292. The Labute approximate surface area is 281 Å². The van der Waals surface area contributed by atoms with E-state index in [1.807, 2.05) is 52.0 Å². The highest BCUT2D eigenvalue weighted by Gasteiger charge is 2.28. The summed E-state index contributed by atoms with van der Waals surface area (Å²) in [5.41, 5.74) is 3.25. The number of ether oxygens (including phenoxy) is 2. The van der Waals surface area contributed by atoms with E-state index < -0.39 is 17.9 Å². The second-order valence-electron chi connectivity index (χ2n) is 12.8. The molecular weight excluding hydrogens is 616 g/mol. The van der Waals surface area contributed by atoms with E-state index in [-0.39, 0.29) is 47.1 Å². The van der Waals surface area contributed by atoms with E-state index in [2.05, 4.69) is 20.7 Å². The number of phenolic OH excluding ortho intramolecular Hbond substituents is 2. The Bertz CT molecular complexity index is 1540. The van der Waals surface area contributed by atoms with Gasteiger partial charge in [0.1, 0.15) is 17.5 Å². The molecule has 1 atom stereocenters. The fourth-order valence-corrected chi connectivity index (χ4v) is 5.67. The lowest BCUT2D eigenvalue weighted by Crippen LogP contribution is -2.44. The Balaban J connectivity index is 1.47. The number of hydrogen-bond donors (Lipinski definition) is 4. The van der Waals surface area contributed by atoms with Crippen molar-refractivity contribution in [2.45, 2.75) is 71.9 Å². The van der Waals surface area contributed by atoms with Crippen molar-refractivity contribution < 1.29 is 38.6 Å². The number of unbranched alkanes of at least 4 members (excludes halogenated alkanes) is 2. The van der Waals surface area contributed by atoms with Crippen molar-refractivity contribution in [1.82, 2.24) is 20.7 Å². The van der Waals surface area contributed by atoms with Crippen molar-refractivity contribution in [3.63, 3.8) is 0 Å². The summed E-state index contributed by atoms with van der Waals surface area (Å²) in [4.78, 5) is 40.1. The maximum atomic E-state index is 13.5. The molecular formula is C36H48N4O8. The smallest absolute Gasteiger partial charge is 0.328 e. The van der Waals surface area contributed by atoms with Crippen LogP contribution in [0.2, 0.25) is 0 Å². The van der Waals surface area contributed by atoms with Crippen LogP contribution in [0, 0.1) is 5.92 Å². The van der Waals surface area contributed by atoms with Gasteiger partial charge in [0, 0.05) is 38.7 Å². The number of phenols is 2. The monoisotopic (exact) mass is 664 g/mol. The molecule has 12 nitrogen and oxygen atoms in total. The summed E-state index contributed by atoms with van der Waals surface area (Å²) in [5, 5.41) is 31.1. The zero-order valence-corrected chi connectivity index (χ0v) is 28.5. The number of nitrogens with one attached hydrogen (secondary N) is 2. The summed E-state index contributed by atoms with van der Waals surface area (Å²) in [7, 11) is 1.30. The van der Waals surface area contributed by atoms with Gasteiger partial charge >= 0.3 is 5.97 Å². The number of aromatic hydroxyl groups is 2. The van der Waals surface area contributed by atoms with Gasteiger partial charge < -0.3 is 34.8 Å². The first kappa shape index (κ1) is 36.4. The highest BCUT2D eigenvalue weighted by molar-refractivity contribution is 6.02. The number of rotatable bonds is 15. The summed E-state index contributed by atoms with van der Waals surface area (Å²) in [6, 6.07) is 10.1. The summed E-state index contributed by atoms with van der Waals surface area (Å²) in [5.74, 6) is -1.26. The molecule has 4 rings (SSSR count). The normalized spacial score (nSPS) is 14.2. The zero-order valence-electron chi connectivity index (χ0n) is 28.5. The molecule has 3 aromatic rings. The van der Waals surface area contributed by atoms with E-state index in [9.17, 15) is 24.6 Å². The van der Waals surface area contributed by atoms with Gasteiger partial charge in [-0.3, -0.25) is 14.5 Å². The molecule has 12 heteroatoms. The van der Waals surface area contributed by atoms with Crippen LogP contribution in [0.25, 0.3) is 22.5 Å². The Hall–Kier alpha value is -4.42. The largest absolute Gasteiger partial charge is 0.508 e. The fourth-order valence-electron chi connectivity index (χ4n) is 5.67. The number of hydrogen-bond acceptors (Lipinski definition) is 10. The Morgan fingerprint density at radius 2 is 1.69 bits per heavy atom. The lowest BCUT2D eigenvalue weighted by atomic mass is 9.94.